The van der Waals surface area contributed by atoms with Gasteiger partial charge in [0.1, 0.15) is 0 Å². The molecule has 66 valence electrons. The van der Waals surface area contributed by atoms with Gasteiger partial charge in [-0.1, -0.05) is 27.7 Å². The Labute approximate surface area is 83.8 Å². The number of hydrogen-bond donors (Lipinski definition) is 1. The van der Waals surface area contributed by atoms with Gasteiger partial charge in [0.05, 0.1) is 6.10 Å². The van der Waals surface area contributed by atoms with Crippen LogP contribution in [-0.2, 0) is 0 Å². The number of thioether (sulfide) groups is 1. The molecule has 0 amide bonds. The van der Waals surface area contributed by atoms with E-state index in [1.165, 1.54) is 11.8 Å². The fourth-order valence-electron chi connectivity index (χ4n) is 0.575. The molecule has 0 saturated heterocycles. The fourth-order valence-corrected chi connectivity index (χ4v) is 1.84. The van der Waals surface area contributed by atoms with E-state index in [-0.39, 0.29) is 6.10 Å². The maximum absolute atomic E-state index is 9.20. The molecule has 3 nitrogen and oxygen atoms in total. The Bertz CT molecular complexity index is 222. The minimum Gasteiger partial charge on any atom is -0.391 e. The molecular weight excluding hydrogens is 240 g/mol. The van der Waals surface area contributed by atoms with Crippen LogP contribution in [0.15, 0.2) is 23.6 Å². The van der Waals surface area contributed by atoms with Crippen LogP contribution in [0.4, 0.5) is 0 Å². The van der Waals surface area contributed by atoms with Gasteiger partial charge in [0.25, 0.3) is 0 Å². The number of rotatable bonds is 4. The van der Waals surface area contributed by atoms with Crippen LogP contribution in [0.5, 0.6) is 0 Å². The Kier molecular flexibility index (Phi) is 4.57. The molecule has 0 aliphatic heterocycles. The highest BCUT2D eigenvalue weighted by Crippen LogP contribution is 2.12. The molecule has 0 aromatic carbocycles. The highest BCUT2D eigenvalue weighted by atomic mass is 79.9. The zero-order valence-corrected chi connectivity index (χ0v) is 8.75. The monoisotopic (exact) mass is 248 g/mol. The van der Waals surface area contributed by atoms with Gasteiger partial charge in [0.15, 0.2) is 5.16 Å². The molecule has 5 heteroatoms. The molecular formula is C7H9BrN2OS. The van der Waals surface area contributed by atoms with Crippen molar-refractivity contribution in [2.45, 2.75) is 11.3 Å². The number of aromatic nitrogens is 2. The second kappa shape index (κ2) is 5.50. The van der Waals surface area contributed by atoms with Gasteiger partial charge in [-0.3, -0.25) is 0 Å². The van der Waals surface area contributed by atoms with Crippen LogP contribution in [0.1, 0.15) is 0 Å². The first kappa shape index (κ1) is 9.95. The van der Waals surface area contributed by atoms with Crippen LogP contribution < -0.4 is 0 Å². The summed E-state index contributed by atoms with van der Waals surface area (Å²) in [6.45, 7) is 0. The quantitative estimate of drug-likeness (QED) is 0.496. The van der Waals surface area contributed by atoms with E-state index in [1.807, 2.05) is 0 Å². The first-order chi connectivity index (χ1) is 5.83. The largest absolute Gasteiger partial charge is 0.391 e. The van der Waals surface area contributed by atoms with Crippen LogP contribution in [0.2, 0.25) is 0 Å². The van der Waals surface area contributed by atoms with Gasteiger partial charge in [-0.25, -0.2) is 9.97 Å². The van der Waals surface area contributed by atoms with Gasteiger partial charge in [0, 0.05) is 23.5 Å². The van der Waals surface area contributed by atoms with Crippen molar-refractivity contribution in [3.05, 3.63) is 18.5 Å². The van der Waals surface area contributed by atoms with Gasteiger partial charge in [0.2, 0.25) is 0 Å². The van der Waals surface area contributed by atoms with Gasteiger partial charge in [-0.2, -0.15) is 0 Å². The molecule has 0 aliphatic rings. The van der Waals surface area contributed by atoms with E-state index in [2.05, 4.69) is 25.9 Å². The van der Waals surface area contributed by atoms with E-state index >= 15 is 0 Å². The second-order valence-electron chi connectivity index (χ2n) is 2.15. The SMILES string of the molecule is OC(CBr)CSc1ncccn1. The molecule has 1 rings (SSSR count). The summed E-state index contributed by atoms with van der Waals surface area (Å²) in [5.74, 6) is 0.620. The molecule has 0 aliphatic carbocycles. The summed E-state index contributed by atoms with van der Waals surface area (Å²) >= 11 is 4.64. The van der Waals surface area contributed by atoms with Crippen LogP contribution in [0.3, 0.4) is 0 Å². The van der Waals surface area contributed by atoms with Gasteiger partial charge in [-0.15, -0.1) is 0 Å². The topological polar surface area (TPSA) is 46.0 Å². The predicted octanol–water partition coefficient (Wildman–Crippen LogP) is 1.32. The summed E-state index contributed by atoms with van der Waals surface area (Å²) in [7, 11) is 0. The summed E-state index contributed by atoms with van der Waals surface area (Å²) in [5, 5.41) is 10.5. The van der Waals surface area contributed by atoms with Crippen molar-refractivity contribution in [3.63, 3.8) is 0 Å². The number of halogens is 1. The number of nitrogens with zero attached hydrogens (tertiary/aromatic N) is 2. The second-order valence-corrected chi connectivity index (χ2v) is 3.79. The van der Waals surface area contributed by atoms with Gasteiger partial charge in [-0.05, 0) is 6.07 Å². The van der Waals surface area contributed by atoms with E-state index in [0.29, 0.717) is 16.2 Å². The van der Waals surface area contributed by atoms with Crippen molar-refractivity contribution in [1.29, 1.82) is 0 Å². The van der Waals surface area contributed by atoms with Crippen LogP contribution in [-0.4, -0.2) is 32.3 Å². The van der Waals surface area contributed by atoms with Crippen molar-refractivity contribution < 1.29 is 5.11 Å². The van der Waals surface area contributed by atoms with Crippen molar-refractivity contribution in [2.24, 2.45) is 0 Å². The summed E-state index contributed by atoms with van der Waals surface area (Å²) < 4.78 is 0. The number of hydrogen-bond acceptors (Lipinski definition) is 4. The number of aliphatic hydroxyl groups is 1. The predicted molar refractivity (Wildman–Crippen MR) is 52.6 cm³/mol. The molecule has 0 saturated carbocycles. The first-order valence-corrected chi connectivity index (χ1v) is 5.57. The van der Waals surface area contributed by atoms with Crippen molar-refractivity contribution in [3.8, 4) is 0 Å². The number of aliphatic hydroxyl groups excluding tert-OH is 1. The zero-order chi connectivity index (χ0) is 8.81. The van der Waals surface area contributed by atoms with Gasteiger partial charge >= 0.3 is 0 Å². The molecule has 1 atom stereocenters. The Hall–Kier alpha value is -0.130. The molecule has 1 aromatic heterocycles. The molecule has 1 aromatic rings. The summed E-state index contributed by atoms with van der Waals surface area (Å²) in [6, 6.07) is 1.77. The van der Waals surface area contributed by atoms with E-state index in [9.17, 15) is 5.11 Å². The lowest BCUT2D eigenvalue weighted by atomic mass is 10.5. The Morgan fingerprint density at radius 3 is 2.75 bits per heavy atom. The normalized spacial score (nSPS) is 12.8. The first-order valence-electron chi connectivity index (χ1n) is 3.47. The Balaban J connectivity index is 2.33. The third-order valence-corrected chi connectivity index (χ3v) is 2.89. The summed E-state index contributed by atoms with van der Waals surface area (Å²) in [4.78, 5) is 8.02. The minimum absolute atomic E-state index is 0.334. The van der Waals surface area contributed by atoms with E-state index in [4.69, 9.17) is 0 Å². The molecule has 0 spiro atoms. The molecule has 0 fully saturated rings. The third kappa shape index (κ3) is 3.51. The highest BCUT2D eigenvalue weighted by molar-refractivity contribution is 9.09. The summed E-state index contributed by atoms with van der Waals surface area (Å²) in [5.41, 5.74) is 0. The maximum Gasteiger partial charge on any atom is 0.187 e. The molecule has 1 unspecified atom stereocenters. The van der Waals surface area contributed by atoms with Crippen LogP contribution in [0.25, 0.3) is 0 Å². The van der Waals surface area contributed by atoms with Crippen molar-refractivity contribution >= 4 is 27.7 Å². The molecule has 1 heterocycles. The van der Waals surface area contributed by atoms with E-state index in [1.54, 1.807) is 18.5 Å². The molecule has 1 N–H and O–H groups in total. The lowest BCUT2D eigenvalue weighted by Crippen LogP contribution is -2.11. The smallest absolute Gasteiger partial charge is 0.187 e. The molecule has 12 heavy (non-hydrogen) atoms. The Morgan fingerprint density at radius 2 is 2.17 bits per heavy atom. The minimum atomic E-state index is -0.334. The molecule has 0 bridgehead atoms. The van der Waals surface area contributed by atoms with Crippen LogP contribution in [0, 0.1) is 0 Å². The maximum atomic E-state index is 9.20. The average Bonchev–Trinajstić information content (AvgIpc) is 2.16. The standard InChI is InChI=1S/C7H9BrN2OS/c8-4-6(11)5-12-7-9-2-1-3-10-7/h1-3,6,11H,4-5H2. The Morgan fingerprint density at radius 1 is 1.50 bits per heavy atom. The van der Waals surface area contributed by atoms with Crippen molar-refractivity contribution in [1.82, 2.24) is 9.97 Å². The van der Waals surface area contributed by atoms with Crippen molar-refractivity contribution in [2.75, 3.05) is 11.1 Å². The lowest BCUT2D eigenvalue weighted by molar-refractivity contribution is 0.226. The van der Waals surface area contributed by atoms with Gasteiger partial charge < -0.3 is 5.11 Å². The summed E-state index contributed by atoms with van der Waals surface area (Å²) in [6.07, 6.45) is 3.05. The van der Waals surface area contributed by atoms with Crippen LogP contribution >= 0.6 is 27.7 Å². The zero-order valence-electron chi connectivity index (χ0n) is 6.35. The molecule has 0 radical (unpaired) electrons. The van der Waals surface area contributed by atoms with E-state index < -0.39 is 0 Å². The highest BCUT2D eigenvalue weighted by Gasteiger charge is 2.03. The number of alkyl halides is 1. The lowest BCUT2D eigenvalue weighted by Gasteiger charge is -2.03. The van der Waals surface area contributed by atoms with E-state index in [0.717, 1.165) is 0 Å². The fraction of sp³-hybridized carbons (Fsp3) is 0.429. The third-order valence-electron chi connectivity index (χ3n) is 1.13. The average molecular weight is 249 g/mol.